The zero-order valence-corrected chi connectivity index (χ0v) is 14.6. The molecule has 26 heavy (non-hydrogen) atoms. The number of benzene rings is 1. The molecule has 0 spiro atoms. The Morgan fingerprint density at radius 2 is 2.04 bits per heavy atom. The first-order valence-electron chi connectivity index (χ1n) is 7.88. The number of anilines is 1. The van der Waals surface area contributed by atoms with E-state index in [1.54, 1.807) is 31.5 Å². The Balaban J connectivity index is 1.60. The number of amides is 1. The summed E-state index contributed by atoms with van der Waals surface area (Å²) in [6.07, 6.45) is 3.32. The first-order valence-corrected chi connectivity index (χ1v) is 8.70. The molecule has 1 amide bonds. The van der Waals surface area contributed by atoms with Gasteiger partial charge in [-0.25, -0.2) is 14.3 Å². The van der Waals surface area contributed by atoms with Crippen LogP contribution in [0.1, 0.15) is 13.0 Å². The van der Waals surface area contributed by atoms with E-state index in [2.05, 4.69) is 20.5 Å². The summed E-state index contributed by atoms with van der Waals surface area (Å²) in [4.78, 5) is 29.1. The van der Waals surface area contributed by atoms with E-state index in [1.165, 1.54) is 22.1 Å². The summed E-state index contributed by atoms with van der Waals surface area (Å²) in [6, 6.07) is 11.5. The van der Waals surface area contributed by atoms with Crippen molar-refractivity contribution in [2.24, 2.45) is 0 Å². The normalized spacial score (nSPS) is 12.2. The molecule has 1 atom stereocenters. The standard InChI is InChI=1S/C17H14N6O2S/c1-11(16(25)20-17-19-12-5-2-3-6-13(12)26-17)23-15(24)8-7-14(21-23)22-10-4-9-18-22/h2-11H,1H3,(H,19,20,25). The summed E-state index contributed by atoms with van der Waals surface area (Å²) in [5.74, 6) is 0.0884. The molecule has 0 fully saturated rings. The van der Waals surface area contributed by atoms with Gasteiger partial charge < -0.3 is 5.32 Å². The molecule has 0 bridgehead atoms. The third-order valence-corrected chi connectivity index (χ3v) is 4.77. The van der Waals surface area contributed by atoms with Crippen molar-refractivity contribution in [1.82, 2.24) is 24.5 Å². The molecule has 3 heterocycles. The summed E-state index contributed by atoms with van der Waals surface area (Å²) >= 11 is 1.38. The smallest absolute Gasteiger partial charge is 0.267 e. The predicted octanol–water partition coefficient (Wildman–Crippen LogP) is 2.24. The van der Waals surface area contributed by atoms with Gasteiger partial charge in [-0.2, -0.15) is 5.10 Å². The average Bonchev–Trinajstić information content (AvgIpc) is 3.30. The van der Waals surface area contributed by atoms with E-state index in [-0.39, 0.29) is 11.5 Å². The number of hydrogen-bond donors (Lipinski definition) is 1. The summed E-state index contributed by atoms with van der Waals surface area (Å²) in [7, 11) is 0. The molecule has 0 saturated heterocycles. The van der Waals surface area contributed by atoms with E-state index in [4.69, 9.17) is 0 Å². The molecule has 0 aliphatic rings. The Morgan fingerprint density at radius 1 is 1.19 bits per heavy atom. The molecule has 9 heteroatoms. The van der Waals surface area contributed by atoms with Crippen molar-refractivity contribution in [3.8, 4) is 5.82 Å². The van der Waals surface area contributed by atoms with Crippen molar-refractivity contribution in [2.45, 2.75) is 13.0 Å². The highest BCUT2D eigenvalue weighted by Crippen LogP contribution is 2.25. The van der Waals surface area contributed by atoms with Crippen LogP contribution < -0.4 is 10.9 Å². The van der Waals surface area contributed by atoms with Crippen molar-refractivity contribution >= 4 is 32.6 Å². The van der Waals surface area contributed by atoms with Gasteiger partial charge in [0.1, 0.15) is 6.04 Å². The van der Waals surface area contributed by atoms with Gasteiger partial charge in [0.2, 0.25) is 0 Å². The summed E-state index contributed by atoms with van der Waals surface area (Å²) in [6.45, 7) is 1.62. The van der Waals surface area contributed by atoms with Crippen LogP contribution in [-0.4, -0.2) is 30.5 Å². The van der Waals surface area contributed by atoms with Crippen molar-refractivity contribution in [3.05, 3.63) is 65.2 Å². The second kappa shape index (κ2) is 6.52. The Morgan fingerprint density at radius 3 is 2.81 bits per heavy atom. The van der Waals surface area contributed by atoms with Crippen molar-refractivity contribution in [1.29, 1.82) is 0 Å². The lowest BCUT2D eigenvalue weighted by molar-refractivity contribution is -0.119. The van der Waals surface area contributed by atoms with E-state index in [1.807, 2.05) is 24.3 Å². The second-order valence-electron chi connectivity index (χ2n) is 5.58. The Bertz CT molecular complexity index is 1100. The minimum atomic E-state index is -0.801. The van der Waals surface area contributed by atoms with E-state index in [9.17, 15) is 9.59 Å². The number of rotatable bonds is 4. The summed E-state index contributed by atoms with van der Waals surface area (Å²) in [5.41, 5.74) is 0.448. The molecule has 0 saturated carbocycles. The van der Waals surface area contributed by atoms with Gasteiger partial charge in [-0.05, 0) is 31.2 Å². The molecule has 4 rings (SSSR count). The third kappa shape index (κ3) is 3.00. The van der Waals surface area contributed by atoms with Crippen molar-refractivity contribution in [2.75, 3.05) is 5.32 Å². The Hall–Kier alpha value is -3.33. The fourth-order valence-electron chi connectivity index (χ4n) is 2.47. The van der Waals surface area contributed by atoms with Gasteiger partial charge in [0.25, 0.3) is 11.5 Å². The highest BCUT2D eigenvalue weighted by molar-refractivity contribution is 7.22. The second-order valence-corrected chi connectivity index (χ2v) is 6.61. The zero-order valence-electron chi connectivity index (χ0n) is 13.7. The molecule has 4 aromatic rings. The maximum absolute atomic E-state index is 12.6. The molecular weight excluding hydrogens is 352 g/mol. The molecule has 1 unspecified atom stereocenters. The van der Waals surface area contributed by atoms with Gasteiger partial charge in [-0.3, -0.25) is 9.59 Å². The van der Waals surface area contributed by atoms with Gasteiger partial charge in [-0.15, -0.1) is 5.10 Å². The molecular formula is C17H14N6O2S. The van der Waals surface area contributed by atoms with Gasteiger partial charge >= 0.3 is 0 Å². The number of aromatic nitrogens is 5. The maximum Gasteiger partial charge on any atom is 0.267 e. The van der Waals surface area contributed by atoms with Crippen molar-refractivity contribution < 1.29 is 4.79 Å². The monoisotopic (exact) mass is 366 g/mol. The van der Waals surface area contributed by atoms with Crippen LogP contribution in [0.3, 0.4) is 0 Å². The number of nitrogens with one attached hydrogen (secondary N) is 1. The first kappa shape index (κ1) is 16.2. The van der Waals surface area contributed by atoms with Crippen LogP contribution in [0.5, 0.6) is 0 Å². The van der Waals surface area contributed by atoms with Gasteiger partial charge in [0, 0.05) is 18.5 Å². The van der Waals surface area contributed by atoms with Crippen LogP contribution in [0.4, 0.5) is 5.13 Å². The minimum absolute atomic E-state index is 0.365. The highest BCUT2D eigenvalue weighted by Gasteiger charge is 2.19. The van der Waals surface area contributed by atoms with Crippen molar-refractivity contribution in [3.63, 3.8) is 0 Å². The molecule has 1 N–H and O–H groups in total. The number of carbonyl (C=O) groups excluding carboxylic acids is 1. The lowest BCUT2D eigenvalue weighted by atomic mass is 10.3. The largest absolute Gasteiger partial charge is 0.300 e. The third-order valence-electron chi connectivity index (χ3n) is 3.82. The molecule has 0 aliphatic heterocycles. The fourth-order valence-corrected chi connectivity index (χ4v) is 3.33. The lowest BCUT2D eigenvalue weighted by Crippen LogP contribution is -2.33. The van der Waals surface area contributed by atoms with E-state index < -0.39 is 6.04 Å². The maximum atomic E-state index is 12.6. The number of hydrogen-bond acceptors (Lipinski definition) is 6. The summed E-state index contributed by atoms with van der Waals surface area (Å²) < 4.78 is 3.64. The molecule has 1 aromatic carbocycles. The Kier molecular flexibility index (Phi) is 4.05. The van der Waals surface area contributed by atoms with Crippen LogP contribution >= 0.6 is 11.3 Å². The van der Waals surface area contributed by atoms with Crippen LogP contribution in [-0.2, 0) is 4.79 Å². The zero-order chi connectivity index (χ0) is 18.1. The topological polar surface area (TPSA) is 94.7 Å². The molecule has 3 aromatic heterocycles. The Labute approximate surface area is 151 Å². The van der Waals surface area contributed by atoms with Crippen LogP contribution in [0, 0.1) is 0 Å². The number of carbonyl (C=O) groups is 1. The molecule has 8 nitrogen and oxygen atoms in total. The SMILES string of the molecule is CC(C(=O)Nc1nc2ccccc2s1)n1nc(-n2cccn2)ccc1=O. The minimum Gasteiger partial charge on any atom is -0.300 e. The summed E-state index contributed by atoms with van der Waals surface area (Å²) in [5, 5.41) is 11.6. The van der Waals surface area contributed by atoms with Gasteiger partial charge in [-0.1, -0.05) is 23.5 Å². The quantitative estimate of drug-likeness (QED) is 0.598. The van der Waals surface area contributed by atoms with Crippen LogP contribution in [0.25, 0.3) is 16.0 Å². The van der Waals surface area contributed by atoms with Crippen LogP contribution in [0.2, 0.25) is 0 Å². The van der Waals surface area contributed by atoms with Crippen LogP contribution in [0.15, 0.2) is 59.7 Å². The van der Waals surface area contributed by atoms with E-state index in [0.717, 1.165) is 14.9 Å². The number of fused-ring (bicyclic) bond motifs is 1. The highest BCUT2D eigenvalue weighted by atomic mass is 32.1. The fraction of sp³-hybridized carbons (Fsp3) is 0.118. The first-order chi connectivity index (χ1) is 12.6. The van der Waals surface area contributed by atoms with Gasteiger partial charge in [0.15, 0.2) is 10.9 Å². The van der Waals surface area contributed by atoms with Gasteiger partial charge in [0.05, 0.1) is 10.2 Å². The molecule has 0 aliphatic carbocycles. The number of para-hydroxylation sites is 1. The van der Waals surface area contributed by atoms with E-state index >= 15 is 0 Å². The average molecular weight is 366 g/mol. The lowest BCUT2D eigenvalue weighted by Gasteiger charge is -2.13. The van der Waals surface area contributed by atoms with E-state index in [0.29, 0.717) is 10.9 Å². The predicted molar refractivity (Wildman–Crippen MR) is 98.6 cm³/mol. The number of thiazole rings is 1. The number of nitrogens with zero attached hydrogens (tertiary/aromatic N) is 5. The molecule has 130 valence electrons. The molecule has 0 radical (unpaired) electrons.